The average molecular weight is 229 g/mol. The molecule has 92 valence electrons. The zero-order valence-corrected chi connectivity index (χ0v) is 9.99. The molecule has 2 unspecified atom stereocenters. The molecule has 2 atom stereocenters. The predicted octanol–water partition coefficient (Wildman–Crippen LogP) is 0.418. The summed E-state index contributed by atoms with van der Waals surface area (Å²) in [7, 11) is 1.36. The van der Waals surface area contributed by atoms with Gasteiger partial charge in [0.25, 0.3) is 0 Å². The highest BCUT2D eigenvalue weighted by Gasteiger charge is 2.60. The van der Waals surface area contributed by atoms with Gasteiger partial charge < -0.3 is 19.9 Å². The zero-order valence-electron chi connectivity index (χ0n) is 9.99. The molecule has 1 heterocycles. The van der Waals surface area contributed by atoms with Crippen molar-refractivity contribution in [3.05, 3.63) is 0 Å². The third kappa shape index (κ3) is 1.83. The van der Waals surface area contributed by atoms with Crippen LogP contribution in [0.1, 0.15) is 26.7 Å². The topological polar surface area (TPSA) is 70.8 Å². The summed E-state index contributed by atoms with van der Waals surface area (Å²) < 4.78 is 16.0. The van der Waals surface area contributed by atoms with Crippen molar-refractivity contribution in [1.29, 1.82) is 0 Å². The number of carbonyl (C=O) groups is 1. The van der Waals surface area contributed by atoms with E-state index in [9.17, 15) is 4.79 Å². The average Bonchev–Trinajstić information content (AvgIpc) is 2.96. The van der Waals surface area contributed by atoms with Crippen LogP contribution >= 0.6 is 0 Å². The van der Waals surface area contributed by atoms with Crippen molar-refractivity contribution in [3.8, 4) is 0 Å². The molecular formula is C11H19NO4. The normalized spacial score (nSPS) is 32.1. The van der Waals surface area contributed by atoms with Gasteiger partial charge in [-0.2, -0.15) is 0 Å². The molecule has 0 aromatic rings. The van der Waals surface area contributed by atoms with Crippen LogP contribution in [-0.4, -0.2) is 37.6 Å². The molecule has 5 heteroatoms. The van der Waals surface area contributed by atoms with E-state index >= 15 is 0 Å². The van der Waals surface area contributed by atoms with Gasteiger partial charge >= 0.3 is 5.97 Å². The first-order chi connectivity index (χ1) is 7.41. The Balaban J connectivity index is 2.06. The summed E-state index contributed by atoms with van der Waals surface area (Å²) in [5, 5.41) is 0. The molecule has 0 aromatic carbocycles. The standard InChI is InChI=1S/C11H19NO4/c1-10(2)15-6-7(16-10)11(4-5-11)8(12)9(13)14-3/h7-8H,4-6,12H2,1-3H3. The fourth-order valence-corrected chi connectivity index (χ4v) is 2.31. The lowest BCUT2D eigenvalue weighted by molar-refractivity contribution is -0.156. The number of hydrogen-bond acceptors (Lipinski definition) is 5. The zero-order chi connectivity index (χ0) is 12.0. The van der Waals surface area contributed by atoms with Crippen LogP contribution in [0.15, 0.2) is 0 Å². The minimum atomic E-state index is -0.611. The van der Waals surface area contributed by atoms with Crippen molar-refractivity contribution in [2.24, 2.45) is 11.1 Å². The third-order valence-corrected chi connectivity index (χ3v) is 3.55. The lowest BCUT2D eigenvalue weighted by atomic mass is 9.91. The molecule has 1 aliphatic carbocycles. The molecule has 2 N–H and O–H groups in total. The van der Waals surface area contributed by atoms with Gasteiger partial charge in [0, 0.05) is 5.41 Å². The van der Waals surface area contributed by atoms with E-state index in [-0.39, 0.29) is 17.5 Å². The Labute approximate surface area is 95.2 Å². The van der Waals surface area contributed by atoms with E-state index in [4.69, 9.17) is 15.2 Å². The Morgan fingerprint density at radius 1 is 1.50 bits per heavy atom. The number of hydrogen-bond donors (Lipinski definition) is 1. The second-order valence-corrected chi connectivity index (χ2v) is 5.05. The van der Waals surface area contributed by atoms with Crippen LogP contribution in [0.25, 0.3) is 0 Å². The van der Waals surface area contributed by atoms with Gasteiger partial charge in [0.1, 0.15) is 6.04 Å². The van der Waals surface area contributed by atoms with E-state index in [0.717, 1.165) is 12.8 Å². The molecule has 1 saturated carbocycles. The molecular weight excluding hydrogens is 210 g/mol. The fourth-order valence-electron chi connectivity index (χ4n) is 2.31. The highest BCUT2D eigenvalue weighted by atomic mass is 16.7. The van der Waals surface area contributed by atoms with Crippen LogP contribution in [0.2, 0.25) is 0 Å². The maximum Gasteiger partial charge on any atom is 0.323 e. The van der Waals surface area contributed by atoms with Crippen molar-refractivity contribution < 1.29 is 19.0 Å². The van der Waals surface area contributed by atoms with Crippen LogP contribution in [0.4, 0.5) is 0 Å². The largest absolute Gasteiger partial charge is 0.468 e. The van der Waals surface area contributed by atoms with Gasteiger partial charge in [-0.15, -0.1) is 0 Å². The molecule has 0 aromatic heterocycles. The SMILES string of the molecule is COC(=O)C(N)C1(C2COC(C)(C)O2)CC1. The molecule has 0 bridgehead atoms. The van der Waals surface area contributed by atoms with Crippen molar-refractivity contribution in [2.75, 3.05) is 13.7 Å². The Hall–Kier alpha value is -0.650. The summed E-state index contributed by atoms with van der Waals surface area (Å²) in [5.74, 6) is -0.943. The summed E-state index contributed by atoms with van der Waals surface area (Å²) in [6.07, 6.45) is 1.69. The molecule has 2 aliphatic rings. The number of carbonyl (C=O) groups excluding carboxylic acids is 1. The van der Waals surface area contributed by atoms with Crippen molar-refractivity contribution >= 4 is 5.97 Å². The summed E-state index contributed by atoms with van der Waals surface area (Å²) >= 11 is 0. The first kappa shape index (κ1) is 11.8. The van der Waals surface area contributed by atoms with E-state index in [0.29, 0.717) is 6.61 Å². The van der Waals surface area contributed by atoms with E-state index in [1.54, 1.807) is 0 Å². The molecule has 0 amide bonds. The Morgan fingerprint density at radius 3 is 2.50 bits per heavy atom. The molecule has 2 fully saturated rings. The van der Waals surface area contributed by atoms with E-state index < -0.39 is 11.8 Å². The third-order valence-electron chi connectivity index (χ3n) is 3.55. The Morgan fingerprint density at radius 2 is 2.12 bits per heavy atom. The minimum absolute atomic E-state index is 0.100. The van der Waals surface area contributed by atoms with Gasteiger partial charge in [-0.1, -0.05) is 0 Å². The molecule has 5 nitrogen and oxygen atoms in total. The molecule has 0 radical (unpaired) electrons. The summed E-state index contributed by atoms with van der Waals surface area (Å²) in [5.41, 5.74) is 5.65. The second kappa shape index (κ2) is 3.68. The van der Waals surface area contributed by atoms with Crippen LogP contribution in [0.5, 0.6) is 0 Å². The number of methoxy groups -OCH3 is 1. The van der Waals surface area contributed by atoms with Crippen LogP contribution in [0, 0.1) is 5.41 Å². The van der Waals surface area contributed by atoms with Crippen LogP contribution < -0.4 is 5.73 Å². The monoisotopic (exact) mass is 229 g/mol. The Bertz CT molecular complexity index is 298. The number of esters is 1. The van der Waals surface area contributed by atoms with Crippen molar-refractivity contribution in [1.82, 2.24) is 0 Å². The van der Waals surface area contributed by atoms with Gasteiger partial charge in [0.2, 0.25) is 0 Å². The second-order valence-electron chi connectivity index (χ2n) is 5.05. The van der Waals surface area contributed by atoms with Crippen molar-refractivity contribution in [2.45, 2.75) is 44.6 Å². The molecule has 1 aliphatic heterocycles. The molecule has 2 rings (SSSR count). The molecule has 16 heavy (non-hydrogen) atoms. The van der Waals surface area contributed by atoms with E-state index in [1.807, 2.05) is 13.8 Å². The maximum atomic E-state index is 11.5. The highest BCUT2D eigenvalue weighted by molar-refractivity contribution is 5.77. The van der Waals surface area contributed by atoms with Crippen LogP contribution in [-0.2, 0) is 19.0 Å². The maximum absolute atomic E-state index is 11.5. The summed E-state index contributed by atoms with van der Waals surface area (Å²) in [4.78, 5) is 11.5. The molecule has 1 saturated heterocycles. The van der Waals surface area contributed by atoms with Crippen LogP contribution in [0.3, 0.4) is 0 Å². The number of rotatable bonds is 3. The van der Waals surface area contributed by atoms with E-state index in [2.05, 4.69) is 4.74 Å². The fraction of sp³-hybridized carbons (Fsp3) is 0.909. The summed E-state index contributed by atoms with van der Waals surface area (Å²) in [6, 6.07) is -0.611. The Kier molecular flexibility index (Phi) is 2.72. The van der Waals surface area contributed by atoms with Gasteiger partial charge in [0.05, 0.1) is 19.8 Å². The van der Waals surface area contributed by atoms with Gasteiger partial charge in [-0.25, -0.2) is 0 Å². The number of nitrogens with two attached hydrogens (primary N) is 1. The van der Waals surface area contributed by atoms with Crippen molar-refractivity contribution in [3.63, 3.8) is 0 Å². The lowest BCUT2D eigenvalue weighted by Gasteiger charge is -2.27. The summed E-state index contributed by atoms with van der Waals surface area (Å²) in [6.45, 7) is 4.23. The van der Waals surface area contributed by atoms with Gasteiger partial charge in [-0.3, -0.25) is 4.79 Å². The minimum Gasteiger partial charge on any atom is -0.468 e. The lowest BCUT2D eigenvalue weighted by Crippen LogP contribution is -2.47. The highest BCUT2D eigenvalue weighted by Crippen LogP contribution is 2.54. The predicted molar refractivity (Wildman–Crippen MR) is 56.6 cm³/mol. The first-order valence-corrected chi connectivity index (χ1v) is 5.56. The quantitative estimate of drug-likeness (QED) is 0.710. The smallest absolute Gasteiger partial charge is 0.323 e. The molecule has 0 spiro atoms. The number of ether oxygens (including phenoxy) is 3. The first-order valence-electron chi connectivity index (χ1n) is 5.56. The van der Waals surface area contributed by atoms with Gasteiger partial charge in [-0.05, 0) is 26.7 Å². The van der Waals surface area contributed by atoms with Gasteiger partial charge in [0.15, 0.2) is 5.79 Å². The van der Waals surface area contributed by atoms with E-state index in [1.165, 1.54) is 7.11 Å².